The monoisotopic (exact) mass is 206 g/mol. The molecular formula is C13H18O2. The van der Waals surface area contributed by atoms with Crippen molar-refractivity contribution in [3.63, 3.8) is 0 Å². The Labute approximate surface area is 91.2 Å². The Bertz CT molecular complexity index is 283. The van der Waals surface area contributed by atoms with Gasteiger partial charge >= 0.3 is 0 Å². The normalized spacial score (nSPS) is 20.1. The molecule has 1 aromatic carbocycles. The highest BCUT2D eigenvalue weighted by Crippen LogP contribution is 2.34. The fourth-order valence-corrected chi connectivity index (χ4v) is 2.05. The number of benzene rings is 1. The fraction of sp³-hybridized carbons (Fsp3) is 0.538. The predicted molar refractivity (Wildman–Crippen MR) is 59.5 cm³/mol. The molecule has 0 N–H and O–H groups in total. The minimum Gasteiger partial charge on any atom is -0.346 e. The molecule has 82 valence electrons. The Hall–Kier alpha value is -0.860. The molecule has 1 fully saturated rings. The van der Waals surface area contributed by atoms with Gasteiger partial charge in [0.25, 0.3) is 0 Å². The lowest BCUT2D eigenvalue weighted by Gasteiger charge is -2.37. The van der Waals surface area contributed by atoms with Crippen LogP contribution in [-0.4, -0.2) is 13.2 Å². The first-order valence-electron chi connectivity index (χ1n) is 5.71. The van der Waals surface area contributed by atoms with Crippen LogP contribution in [-0.2, 0) is 15.3 Å². The molecule has 0 aliphatic carbocycles. The SMILES string of the molecule is CCCC1(c2ccccc2)OCCCO1. The molecule has 0 atom stereocenters. The second-order valence-electron chi connectivity index (χ2n) is 3.92. The summed E-state index contributed by atoms with van der Waals surface area (Å²) in [4.78, 5) is 0. The molecule has 0 aromatic heterocycles. The van der Waals surface area contributed by atoms with Crippen LogP contribution in [0.1, 0.15) is 31.7 Å². The van der Waals surface area contributed by atoms with Gasteiger partial charge in [-0.15, -0.1) is 0 Å². The molecule has 1 aromatic rings. The van der Waals surface area contributed by atoms with Gasteiger partial charge in [-0.05, 0) is 6.42 Å². The van der Waals surface area contributed by atoms with E-state index in [1.807, 2.05) is 18.2 Å². The van der Waals surface area contributed by atoms with Gasteiger partial charge in [0, 0.05) is 12.0 Å². The zero-order valence-electron chi connectivity index (χ0n) is 9.24. The zero-order valence-corrected chi connectivity index (χ0v) is 9.24. The number of rotatable bonds is 3. The molecule has 1 aliphatic heterocycles. The molecule has 0 unspecified atom stereocenters. The van der Waals surface area contributed by atoms with Crippen molar-refractivity contribution in [1.82, 2.24) is 0 Å². The molecule has 0 spiro atoms. The smallest absolute Gasteiger partial charge is 0.194 e. The van der Waals surface area contributed by atoms with Crippen molar-refractivity contribution in [3.8, 4) is 0 Å². The van der Waals surface area contributed by atoms with Gasteiger partial charge < -0.3 is 9.47 Å². The summed E-state index contributed by atoms with van der Waals surface area (Å²) in [6, 6.07) is 10.3. The van der Waals surface area contributed by atoms with E-state index in [0.717, 1.165) is 38.0 Å². The Balaban J connectivity index is 2.25. The van der Waals surface area contributed by atoms with E-state index in [1.54, 1.807) is 0 Å². The molecule has 0 amide bonds. The maximum absolute atomic E-state index is 5.87. The van der Waals surface area contributed by atoms with Crippen LogP contribution in [0.5, 0.6) is 0 Å². The van der Waals surface area contributed by atoms with Gasteiger partial charge in [-0.3, -0.25) is 0 Å². The molecule has 1 heterocycles. The van der Waals surface area contributed by atoms with Crippen LogP contribution in [0.3, 0.4) is 0 Å². The molecule has 0 radical (unpaired) electrons. The summed E-state index contributed by atoms with van der Waals surface area (Å²) in [6.45, 7) is 3.76. The third-order valence-corrected chi connectivity index (χ3v) is 2.75. The minimum absolute atomic E-state index is 0.478. The zero-order chi connectivity index (χ0) is 10.6. The van der Waals surface area contributed by atoms with Crippen molar-refractivity contribution in [1.29, 1.82) is 0 Å². The lowest BCUT2D eigenvalue weighted by molar-refractivity contribution is -0.280. The Morgan fingerprint density at radius 2 is 1.80 bits per heavy atom. The summed E-state index contributed by atoms with van der Waals surface area (Å²) in [7, 11) is 0. The van der Waals surface area contributed by atoms with Crippen molar-refractivity contribution in [3.05, 3.63) is 35.9 Å². The quantitative estimate of drug-likeness (QED) is 0.756. The number of hydrogen-bond donors (Lipinski definition) is 0. The summed E-state index contributed by atoms with van der Waals surface area (Å²) < 4.78 is 11.7. The van der Waals surface area contributed by atoms with E-state index in [1.165, 1.54) is 0 Å². The molecule has 15 heavy (non-hydrogen) atoms. The largest absolute Gasteiger partial charge is 0.346 e. The van der Waals surface area contributed by atoms with Crippen molar-refractivity contribution in [2.75, 3.05) is 13.2 Å². The van der Waals surface area contributed by atoms with Crippen molar-refractivity contribution in [2.45, 2.75) is 32.0 Å². The Morgan fingerprint density at radius 1 is 1.13 bits per heavy atom. The highest BCUT2D eigenvalue weighted by Gasteiger charge is 2.35. The lowest BCUT2D eigenvalue weighted by Crippen LogP contribution is -2.37. The van der Waals surface area contributed by atoms with Gasteiger partial charge in [0.15, 0.2) is 5.79 Å². The molecule has 2 nitrogen and oxygen atoms in total. The molecular weight excluding hydrogens is 188 g/mol. The van der Waals surface area contributed by atoms with E-state index in [-0.39, 0.29) is 0 Å². The van der Waals surface area contributed by atoms with Crippen molar-refractivity contribution < 1.29 is 9.47 Å². The van der Waals surface area contributed by atoms with E-state index < -0.39 is 5.79 Å². The van der Waals surface area contributed by atoms with Crippen LogP contribution in [0, 0.1) is 0 Å². The predicted octanol–water partition coefficient (Wildman–Crippen LogP) is 3.08. The first-order chi connectivity index (χ1) is 7.37. The second kappa shape index (κ2) is 4.77. The molecule has 2 heteroatoms. The number of hydrogen-bond acceptors (Lipinski definition) is 2. The van der Waals surface area contributed by atoms with Crippen molar-refractivity contribution >= 4 is 0 Å². The average Bonchev–Trinajstić information content (AvgIpc) is 2.32. The first kappa shape index (κ1) is 10.7. The maximum Gasteiger partial charge on any atom is 0.194 e. The van der Waals surface area contributed by atoms with Crippen LogP contribution < -0.4 is 0 Å². The third kappa shape index (κ3) is 2.21. The summed E-state index contributed by atoms with van der Waals surface area (Å²) in [5, 5.41) is 0. The molecule has 0 saturated carbocycles. The van der Waals surface area contributed by atoms with Gasteiger partial charge in [-0.1, -0.05) is 43.7 Å². The van der Waals surface area contributed by atoms with E-state index in [0.29, 0.717) is 0 Å². The summed E-state index contributed by atoms with van der Waals surface area (Å²) in [5.74, 6) is -0.478. The Morgan fingerprint density at radius 3 is 2.40 bits per heavy atom. The van der Waals surface area contributed by atoms with E-state index in [4.69, 9.17) is 9.47 Å². The van der Waals surface area contributed by atoms with E-state index in [2.05, 4.69) is 19.1 Å². The van der Waals surface area contributed by atoms with Crippen LogP contribution >= 0.6 is 0 Å². The standard InChI is InChI=1S/C13H18O2/c1-2-9-13(14-10-6-11-15-13)12-7-4-3-5-8-12/h3-5,7-8H,2,6,9-11H2,1H3. The third-order valence-electron chi connectivity index (χ3n) is 2.75. The van der Waals surface area contributed by atoms with Gasteiger partial charge in [0.2, 0.25) is 0 Å². The molecule has 2 rings (SSSR count). The molecule has 0 bridgehead atoms. The van der Waals surface area contributed by atoms with Gasteiger partial charge in [-0.2, -0.15) is 0 Å². The number of ether oxygens (including phenoxy) is 2. The van der Waals surface area contributed by atoms with Gasteiger partial charge in [0.1, 0.15) is 0 Å². The lowest BCUT2D eigenvalue weighted by atomic mass is 10.00. The van der Waals surface area contributed by atoms with E-state index >= 15 is 0 Å². The first-order valence-corrected chi connectivity index (χ1v) is 5.71. The van der Waals surface area contributed by atoms with Crippen LogP contribution in [0.2, 0.25) is 0 Å². The van der Waals surface area contributed by atoms with Crippen LogP contribution in [0.15, 0.2) is 30.3 Å². The average molecular weight is 206 g/mol. The molecule has 1 aliphatic rings. The topological polar surface area (TPSA) is 18.5 Å². The highest BCUT2D eigenvalue weighted by atomic mass is 16.7. The van der Waals surface area contributed by atoms with E-state index in [9.17, 15) is 0 Å². The summed E-state index contributed by atoms with van der Waals surface area (Å²) >= 11 is 0. The highest BCUT2D eigenvalue weighted by molar-refractivity contribution is 5.20. The summed E-state index contributed by atoms with van der Waals surface area (Å²) in [5.41, 5.74) is 1.14. The van der Waals surface area contributed by atoms with Gasteiger partial charge in [0.05, 0.1) is 13.2 Å². The molecule has 1 saturated heterocycles. The van der Waals surface area contributed by atoms with Crippen molar-refractivity contribution in [2.24, 2.45) is 0 Å². The second-order valence-corrected chi connectivity index (χ2v) is 3.92. The summed E-state index contributed by atoms with van der Waals surface area (Å²) in [6.07, 6.45) is 2.99. The van der Waals surface area contributed by atoms with Gasteiger partial charge in [-0.25, -0.2) is 0 Å². The Kier molecular flexibility index (Phi) is 3.39. The maximum atomic E-state index is 5.87. The fourth-order valence-electron chi connectivity index (χ4n) is 2.05. The van der Waals surface area contributed by atoms with Crippen LogP contribution in [0.25, 0.3) is 0 Å². The minimum atomic E-state index is -0.478. The van der Waals surface area contributed by atoms with Crippen LogP contribution in [0.4, 0.5) is 0 Å².